The van der Waals surface area contributed by atoms with E-state index in [0.29, 0.717) is 0 Å². The summed E-state index contributed by atoms with van der Waals surface area (Å²) in [7, 11) is 0. The van der Waals surface area contributed by atoms with Gasteiger partial charge in [-0.05, 0) is 274 Å². The molecule has 4 heterocycles. The quantitative estimate of drug-likeness (QED) is 0.0975. The van der Waals surface area contributed by atoms with E-state index in [1.165, 1.54) is 149 Å². The molecule has 24 rings (SSSR count). The largest absolute Gasteiger partial charge is 0.309 e. The molecule has 4 aromatic heterocycles. The zero-order valence-electron chi connectivity index (χ0n) is 67.8. The predicted molar refractivity (Wildman–Crippen MR) is 524 cm³/mol. The van der Waals surface area contributed by atoms with Gasteiger partial charge >= 0.3 is 0 Å². The lowest BCUT2D eigenvalue weighted by Gasteiger charge is -2.14. The van der Waals surface area contributed by atoms with E-state index in [1.807, 2.05) is 0 Å². The van der Waals surface area contributed by atoms with Crippen LogP contribution in [0.3, 0.4) is 0 Å². The van der Waals surface area contributed by atoms with Gasteiger partial charge in [0.05, 0.1) is 44.1 Å². The van der Waals surface area contributed by atoms with Crippen molar-refractivity contribution in [3.63, 3.8) is 0 Å². The van der Waals surface area contributed by atoms with Crippen LogP contribution in [-0.2, 0) is 0 Å². The molecule has 0 N–H and O–H groups in total. The summed E-state index contributed by atoms with van der Waals surface area (Å²) in [5, 5.41) is 9.75. The normalized spacial score (nSPS) is 11.7. The molecule has 4 nitrogen and oxygen atoms in total. The fourth-order valence-corrected chi connectivity index (χ4v) is 19.4. The first-order valence-corrected chi connectivity index (χ1v) is 42.7. The van der Waals surface area contributed by atoms with Gasteiger partial charge < -0.3 is 18.3 Å². The zero-order chi connectivity index (χ0) is 81.7. The molecule has 124 heavy (non-hydrogen) atoms. The van der Waals surface area contributed by atoms with Crippen LogP contribution in [0.25, 0.3) is 232 Å². The molecular formula is C120H78N4. The van der Waals surface area contributed by atoms with Crippen molar-refractivity contribution in [2.45, 2.75) is 0 Å². The summed E-state index contributed by atoms with van der Waals surface area (Å²) in [4.78, 5) is 0. The first-order chi connectivity index (χ1) is 61.4. The second kappa shape index (κ2) is 29.8. The van der Waals surface area contributed by atoms with Crippen LogP contribution < -0.4 is 0 Å². The number of fused-ring (bicyclic) bond motifs is 12. The van der Waals surface area contributed by atoms with Crippen molar-refractivity contribution in [2.24, 2.45) is 0 Å². The minimum atomic E-state index is 1.11. The van der Waals surface area contributed by atoms with Gasteiger partial charge in [-0.2, -0.15) is 0 Å². The minimum Gasteiger partial charge on any atom is -0.309 e. The Labute approximate surface area is 718 Å². The standard InChI is InChI=1S/C120H78N4/c1-6-22-79(23-7-1)86-46-57-101(58-47-86)121-113-35-19-16-32-105(113)108-75-92(53-64-116(108)121)93-54-65-118-109(76-93)106-33-18-21-37-115(106)123(118)103-61-50-90(51-62-103)98-69-96(81-26-10-3-11-27-81)68-97(70-98)89-44-40-85(41-45-89)84-38-42-88(43-39-84)91-52-63-119-111(74-91)112-78-95(56-67-120(112)124(119)104-72-99(82-28-12-4-13-29-82)71-100(73-104)83-30-14-5-15-31-83)94-55-66-117-110(77-94)107-34-17-20-36-114(107)122(117)102-59-48-87(49-60-102)80-24-8-2-9-25-80/h1-78H. The molecule has 578 valence electrons. The molecule has 4 heteroatoms. The highest BCUT2D eigenvalue weighted by Gasteiger charge is 2.23. The molecule has 0 spiro atoms. The third-order valence-corrected chi connectivity index (χ3v) is 25.6. The Bertz CT molecular complexity index is 8190. The van der Waals surface area contributed by atoms with Crippen LogP contribution in [0.4, 0.5) is 0 Å². The van der Waals surface area contributed by atoms with Gasteiger partial charge in [-0.1, -0.05) is 322 Å². The molecule has 0 amide bonds. The number of rotatable bonds is 15. The topological polar surface area (TPSA) is 19.7 Å². The van der Waals surface area contributed by atoms with Gasteiger partial charge in [-0.15, -0.1) is 0 Å². The first-order valence-electron chi connectivity index (χ1n) is 42.7. The Morgan fingerprint density at radius 1 is 0.0887 bits per heavy atom. The summed E-state index contributed by atoms with van der Waals surface area (Å²) in [5.74, 6) is 0. The van der Waals surface area contributed by atoms with Gasteiger partial charge in [0.1, 0.15) is 0 Å². The van der Waals surface area contributed by atoms with E-state index in [1.54, 1.807) is 0 Å². The van der Waals surface area contributed by atoms with Crippen molar-refractivity contribution in [3.05, 3.63) is 473 Å². The van der Waals surface area contributed by atoms with Gasteiger partial charge in [0.25, 0.3) is 0 Å². The minimum absolute atomic E-state index is 1.11. The molecule has 0 saturated heterocycles. The fourth-order valence-electron chi connectivity index (χ4n) is 19.4. The first kappa shape index (κ1) is 71.7. The Morgan fingerprint density at radius 3 is 0.516 bits per heavy atom. The highest BCUT2D eigenvalue weighted by Crippen LogP contribution is 2.46. The highest BCUT2D eigenvalue weighted by molar-refractivity contribution is 6.16. The van der Waals surface area contributed by atoms with E-state index >= 15 is 0 Å². The van der Waals surface area contributed by atoms with E-state index in [4.69, 9.17) is 0 Å². The maximum absolute atomic E-state index is 2.48. The van der Waals surface area contributed by atoms with Gasteiger partial charge in [-0.3, -0.25) is 0 Å². The van der Waals surface area contributed by atoms with Crippen molar-refractivity contribution in [1.82, 2.24) is 18.3 Å². The summed E-state index contributed by atoms with van der Waals surface area (Å²) in [5.41, 5.74) is 39.7. The molecule has 0 radical (unpaired) electrons. The third-order valence-electron chi connectivity index (χ3n) is 25.6. The average molecular weight is 1580 g/mol. The van der Waals surface area contributed by atoms with Gasteiger partial charge in [0.15, 0.2) is 0 Å². The fraction of sp³-hybridized carbons (Fsp3) is 0. The number of para-hydroxylation sites is 3. The Morgan fingerprint density at radius 2 is 0.250 bits per heavy atom. The number of aromatic nitrogens is 4. The number of hydrogen-bond acceptors (Lipinski definition) is 0. The maximum atomic E-state index is 2.48. The number of benzene rings is 20. The van der Waals surface area contributed by atoms with E-state index in [2.05, 4.69) is 491 Å². The van der Waals surface area contributed by atoms with Crippen LogP contribution >= 0.6 is 0 Å². The van der Waals surface area contributed by atoms with Crippen LogP contribution in [0.5, 0.6) is 0 Å². The van der Waals surface area contributed by atoms with Gasteiger partial charge in [-0.25, -0.2) is 0 Å². The molecular weight excluding hydrogens is 1500 g/mol. The summed E-state index contributed by atoms with van der Waals surface area (Å²) in [6, 6.07) is 175. The zero-order valence-corrected chi connectivity index (χ0v) is 67.8. The van der Waals surface area contributed by atoms with Gasteiger partial charge in [0.2, 0.25) is 0 Å². The predicted octanol–water partition coefficient (Wildman–Crippen LogP) is 32.4. The van der Waals surface area contributed by atoms with Crippen molar-refractivity contribution < 1.29 is 0 Å². The Hall–Kier alpha value is -16.4. The van der Waals surface area contributed by atoms with Crippen molar-refractivity contribution in [3.8, 4) is 145 Å². The van der Waals surface area contributed by atoms with E-state index < -0.39 is 0 Å². The Balaban J connectivity index is 0.544. The average Bonchev–Trinajstić information content (AvgIpc) is 1.61. The van der Waals surface area contributed by atoms with E-state index in [9.17, 15) is 0 Å². The lowest BCUT2D eigenvalue weighted by molar-refractivity contribution is 1.18. The molecule has 24 aromatic rings. The smallest absolute Gasteiger partial charge is 0.0541 e. The third kappa shape index (κ3) is 12.5. The van der Waals surface area contributed by atoms with Crippen LogP contribution in [0.2, 0.25) is 0 Å². The van der Waals surface area contributed by atoms with Gasteiger partial charge in [0, 0.05) is 65.8 Å². The van der Waals surface area contributed by atoms with Crippen LogP contribution in [0.1, 0.15) is 0 Å². The molecule has 20 aromatic carbocycles. The molecule has 0 aliphatic heterocycles. The second-order valence-corrected chi connectivity index (χ2v) is 32.7. The van der Waals surface area contributed by atoms with Crippen molar-refractivity contribution in [2.75, 3.05) is 0 Å². The Kier molecular flexibility index (Phi) is 17.2. The number of nitrogens with zero attached hydrogens (tertiary/aromatic N) is 4. The summed E-state index contributed by atoms with van der Waals surface area (Å²) >= 11 is 0. The molecule has 0 unspecified atom stereocenters. The van der Waals surface area contributed by atoms with E-state index in [0.717, 1.165) is 83.9 Å². The molecule has 0 fully saturated rings. The van der Waals surface area contributed by atoms with Crippen LogP contribution in [0, 0.1) is 0 Å². The van der Waals surface area contributed by atoms with Crippen molar-refractivity contribution in [1.29, 1.82) is 0 Å². The van der Waals surface area contributed by atoms with Crippen molar-refractivity contribution >= 4 is 87.2 Å². The van der Waals surface area contributed by atoms with E-state index in [-0.39, 0.29) is 0 Å². The molecule has 0 aliphatic rings. The molecule has 0 atom stereocenters. The summed E-state index contributed by atoms with van der Waals surface area (Å²) < 4.78 is 9.73. The SMILES string of the molecule is c1ccc(-c2ccc(-n3c4ccccc4c4cc(-c5ccc6c(c5)c5ccccc5n6-c5ccc(-c6cc(-c7ccccc7)cc(-c7ccc(-c8ccc(-c9ccc%10c(c9)c9cc(-c%11ccc%12c(c%11)c%11ccccc%11n%12-c%11ccc(-c%12ccccc%12)cc%11)ccc9n%10-c9cc(-c%10ccccc%10)cc(-c%10ccccc%10)c9)cc8)cc7)c6)cc5)ccc43)cc2)cc1. The lowest BCUT2D eigenvalue weighted by atomic mass is 9.92. The summed E-state index contributed by atoms with van der Waals surface area (Å²) in [6.45, 7) is 0. The maximum Gasteiger partial charge on any atom is 0.0541 e. The molecule has 0 aliphatic carbocycles. The monoisotopic (exact) mass is 1570 g/mol. The molecule has 0 saturated carbocycles. The highest BCUT2D eigenvalue weighted by atomic mass is 15.0. The summed E-state index contributed by atoms with van der Waals surface area (Å²) in [6.07, 6.45) is 0. The number of hydrogen-bond donors (Lipinski definition) is 0. The second-order valence-electron chi connectivity index (χ2n) is 32.7. The molecule has 0 bridgehead atoms. The van der Waals surface area contributed by atoms with Crippen LogP contribution in [-0.4, -0.2) is 18.3 Å². The lowest BCUT2D eigenvalue weighted by Crippen LogP contribution is -1.96. The van der Waals surface area contributed by atoms with Crippen LogP contribution in [0.15, 0.2) is 473 Å².